The van der Waals surface area contributed by atoms with Crippen molar-refractivity contribution in [2.75, 3.05) is 11.9 Å². The molecule has 0 spiro atoms. The van der Waals surface area contributed by atoms with Crippen LogP contribution in [0.5, 0.6) is 5.75 Å². The molecule has 0 saturated carbocycles. The maximum Gasteiger partial charge on any atom is 0.262 e. The molecule has 6 heteroatoms. The minimum absolute atomic E-state index is 0.0739. The number of oxazole rings is 1. The van der Waals surface area contributed by atoms with Gasteiger partial charge in [0, 0.05) is 16.3 Å². The summed E-state index contributed by atoms with van der Waals surface area (Å²) in [6, 6.07) is 20.5. The van der Waals surface area contributed by atoms with Gasteiger partial charge in [0.2, 0.25) is 5.89 Å². The summed E-state index contributed by atoms with van der Waals surface area (Å²) in [4.78, 5) is 16.8. The Morgan fingerprint density at radius 1 is 1.10 bits per heavy atom. The average molecular weight is 435 g/mol. The van der Waals surface area contributed by atoms with Gasteiger partial charge >= 0.3 is 0 Å². The number of nitrogens with one attached hydrogen (secondary N) is 1. The van der Waals surface area contributed by atoms with Gasteiger partial charge < -0.3 is 14.5 Å². The lowest BCUT2D eigenvalue weighted by Crippen LogP contribution is -2.20. The summed E-state index contributed by atoms with van der Waals surface area (Å²) in [6.07, 6.45) is 1.08. The molecule has 0 aliphatic heterocycles. The second kappa shape index (κ2) is 9.23. The number of carbonyl (C=O) groups excluding carboxylic acids is 1. The molecule has 1 amide bonds. The molecule has 4 aromatic rings. The Morgan fingerprint density at radius 3 is 2.55 bits per heavy atom. The zero-order valence-corrected chi connectivity index (χ0v) is 18.1. The van der Waals surface area contributed by atoms with Gasteiger partial charge in [-0.25, -0.2) is 4.98 Å². The summed E-state index contributed by atoms with van der Waals surface area (Å²) >= 11 is 5.94. The zero-order valence-electron chi connectivity index (χ0n) is 17.4. The maximum atomic E-state index is 12.3. The van der Waals surface area contributed by atoms with Crippen LogP contribution in [0.25, 0.3) is 22.6 Å². The molecule has 158 valence electrons. The normalized spacial score (nSPS) is 12.0. The first-order chi connectivity index (χ1) is 15.0. The van der Waals surface area contributed by atoms with E-state index in [0.29, 0.717) is 39.4 Å². The molecular weight excluding hydrogens is 412 g/mol. The van der Waals surface area contributed by atoms with E-state index in [1.165, 1.54) is 5.56 Å². The Hall–Kier alpha value is -3.31. The summed E-state index contributed by atoms with van der Waals surface area (Å²) in [5, 5.41) is 3.49. The Bertz CT molecular complexity index is 1180. The summed E-state index contributed by atoms with van der Waals surface area (Å²) in [7, 11) is 0. The molecule has 0 aliphatic carbocycles. The standard InChI is InChI=1S/C25H23ClN2O3/c1-3-16(2)17-6-11-21(12-7-17)30-15-24(29)27-20-10-13-23-22(14-20)28-25(31-23)18-4-8-19(26)9-5-18/h4-14,16H,3,15H2,1-2H3,(H,27,29)/t16-/m1/s1. The lowest BCUT2D eigenvalue weighted by atomic mass is 9.99. The Kier molecular flexibility index (Phi) is 6.23. The number of nitrogens with zero attached hydrogens (tertiary/aromatic N) is 1. The van der Waals surface area contributed by atoms with Crippen molar-refractivity contribution in [1.29, 1.82) is 0 Å². The highest BCUT2D eigenvalue weighted by molar-refractivity contribution is 6.30. The van der Waals surface area contributed by atoms with Crippen molar-refractivity contribution in [1.82, 2.24) is 4.98 Å². The van der Waals surface area contributed by atoms with Crippen LogP contribution >= 0.6 is 11.6 Å². The van der Waals surface area contributed by atoms with Crippen LogP contribution in [0, 0.1) is 0 Å². The van der Waals surface area contributed by atoms with E-state index in [9.17, 15) is 4.79 Å². The molecule has 1 aromatic heterocycles. The lowest BCUT2D eigenvalue weighted by Gasteiger charge is -2.11. The van der Waals surface area contributed by atoms with E-state index in [-0.39, 0.29) is 12.5 Å². The molecule has 0 radical (unpaired) electrons. The fourth-order valence-corrected chi connectivity index (χ4v) is 3.32. The molecule has 1 atom stereocenters. The number of ether oxygens (including phenoxy) is 1. The zero-order chi connectivity index (χ0) is 21.8. The van der Waals surface area contributed by atoms with E-state index in [1.807, 2.05) is 36.4 Å². The van der Waals surface area contributed by atoms with E-state index >= 15 is 0 Å². The van der Waals surface area contributed by atoms with E-state index in [1.54, 1.807) is 30.3 Å². The van der Waals surface area contributed by atoms with Crippen LogP contribution in [-0.4, -0.2) is 17.5 Å². The maximum absolute atomic E-state index is 12.3. The lowest BCUT2D eigenvalue weighted by molar-refractivity contribution is -0.118. The molecule has 1 N–H and O–H groups in total. The first kappa shape index (κ1) is 20.9. The topological polar surface area (TPSA) is 64.4 Å². The van der Waals surface area contributed by atoms with Crippen molar-refractivity contribution in [3.05, 3.63) is 77.3 Å². The second-order valence-electron chi connectivity index (χ2n) is 7.42. The van der Waals surface area contributed by atoms with E-state index in [2.05, 4.69) is 24.1 Å². The van der Waals surface area contributed by atoms with E-state index < -0.39 is 0 Å². The molecule has 5 nitrogen and oxygen atoms in total. The third-order valence-electron chi connectivity index (χ3n) is 5.19. The number of anilines is 1. The minimum atomic E-state index is -0.244. The third-order valence-corrected chi connectivity index (χ3v) is 5.45. The molecule has 1 heterocycles. The number of halogens is 1. The fourth-order valence-electron chi connectivity index (χ4n) is 3.20. The van der Waals surface area contributed by atoms with Crippen LogP contribution in [0.2, 0.25) is 5.02 Å². The van der Waals surface area contributed by atoms with Gasteiger partial charge in [0.05, 0.1) is 0 Å². The number of carbonyl (C=O) groups is 1. The summed E-state index contributed by atoms with van der Waals surface area (Å²) in [5.74, 6) is 1.43. The smallest absolute Gasteiger partial charge is 0.262 e. The molecule has 0 bridgehead atoms. The largest absolute Gasteiger partial charge is 0.484 e. The third kappa shape index (κ3) is 5.06. The van der Waals surface area contributed by atoms with Crippen LogP contribution in [0.1, 0.15) is 31.7 Å². The first-order valence-corrected chi connectivity index (χ1v) is 10.6. The van der Waals surface area contributed by atoms with Crippen molar-refractivity contribution in [3.63, 3.8) is 0 Å². The van der Waals surface area contributed by atoms with E-state index in [0.717, 1.165) is 12.0 Å². The van der Waals surface area contributed by atoms with Crippen LogP contribution < -0.4 is 10.1 Å². The number of fused-ring (bicyclic) bond motifs is 1. The Morgan fingerprint density at radius 2 is 1.84 bits per heavy atom. The van der Waals surface area contributed by atoms with Crippen molar-refractivity contribution in [2.24, 2.45) is 0 Å². The Labute approximate surface area is 186 Å². The van der Waals surface area contributed by atoms with Gasteiger partial charge in [0.15, 0.2) is 12.2 Å². The van der Waals surface area contributed by atoms with Gasteiger partial charge in [-0.3, -0.25) is 4.79 Å². The minimum Gasteiger partial charge on any atom is -0.484 e. The predicted octanol–water partition coefficient (Wildman–Crippen LogP) is 6.68. The number of hydrogen-bond acceptors (Lipinski definition) is 4. The molecule has 4 rings (SSSR count). The highest BCUT2D eigenvalue weighted by atomic mass is 35.5. The number of amides is 1. The van der Waals surface area contributed by atoms with Gasteiger partial charge in [-0.2, -0.15) is 0 Å². The van der Waals surface area contributed by atoms with Gasteiger partial charge in [-0.15, -0.1) is 0 Å². The van der Waals surface area contributed by atoms with Gasteiger partial charge in [-0.1, -0.05) is 37.6 Å². The summed E-state index contributed by atoms with van der Waals surface area (Å²) in [6.45, 7) is 4.28. The monoisotopic (exact) mass is 434 g/mol. The number of benzene rings is 3. The van der Waals surface area contributed by atoms with Crippen LogP contribution in [0.4, 0.5) is 5.69 Å². The molecule has 0 saturated heterocycles. The van der Waals surface area contributed by atoms with Crippen molar-refractivity contribution in [3.8, 4) is 17.2 Å². The summed E-state index contributed by atoms with van der Waals surface area (Å²) in [5.41, 5.74) is 4.02. The number of aromatic nitrogens is 1. The van der Waals surface area contributed by atoms with Gasteiger partial charge in [0.1, 0.15) is 11.3 Å². The first-order valence-electron chi connectivity index (χ1n) is 10.2. The Balaban J connectivity index is 1.38. The summed E-state index contributed by atoms with van der Waals surface area (Å²) < 4.78 is 11.4. The second-order valence-corrected chi connectivity index (χ2v) is 7.86. The van der Waals surface area contributed by atoms with Crippen LogP contribution in [0.3, 0.4) is 0 Å². The average Bonchev–Trinajstić information content (AvgIpc) is 3.21. The molecular formula is C25H23ClN2O3. The highest BCUT2D eigenvalue weighted by Crippen LogP contribution is 2.27. The molecule has 31 heavy (non-hydrogen) atoms. The van der Waals surface area contributed by atoms with Crippen molar-refractivity contribution < 1.29 is 13.9 Å². The molecule has 0 unspecified atom stereocenters. The SMILES string of the molecule is CC[C@@H](C)c1ccc(OCC(=O)Nc2ccc3oc(-c4ccc(Cl)cc4)nc3c2)cc1. The van der Waals surface area contributed by atoms with Crippen LogP contribution in [-0.2, 0) is 4.79 Å². The van der Waals surface area contributed by atoms with Gasteiger partial charge in [-0.05, 0) is 72.5 Å². The highest BCUT2D eigenvalue weighted by Gasteiger charge is 2.11. The van der Waals surface area contributed by atoms with Crippen LogP contribution in [0.15, 0.2) is 71.1 Å². The molecule has 0 aliphatic rings. The van der Waals surface area contributed by atoms with Crippen molar-refractivity contribution >= 4 is 34.3 Å². The van der Waals surface area contributed by atoms with Crippen molar-refractivity contribution in [2.45, 2.75) is 26.2 Å². The predicted molar refractivity (Wildman–Crippen MR) is 124 cm³/mol. The van der Waals surface area contributed by atoms with Gasteiger partial charge in [0.25, 0.3) is 5.91 Å². The molecule has 3 aromatic carbocycles. The quantitative estimate of drug-likeness (QED) is 0.352. The number of hydrogen-bond donors (Lipinski definition) is 1. The number of rotatable bonds is 7. The fraction of sp³-hybridized carbons (Fsp3) is 0.200. The van der Waals surface area contributed by atoms with E-state index in [4.69, 9.17) is 20.8 Å². The molecule has 0 fully saturated rings.